The second kappa shape index (κ2) is 10.2. The number of benzene rings is 1. The van der Waals surface area contributed by atoms with Crippen LogP contribution in [0.15, 0.2) is 30.3 Å². The summed E-state index contributed by atoms with van der Waals surface area (Å²) >= 11 is 0. The third kappa shape index (κ3) is 6.63. The van der Waals surface area contributed by atoms with Crippen LogP contribution in [0.5, 0.6) is 0 Å². The van der Waals surface area contributed by atoms with Crippen LogP contribution in [-0.4, -0.2) is 55.4 Å². The fourth-order valence-corrected chi connectivity index (χ4v) is 4.76. The molecular weight excluding hydrogens is 415 g/mol. The lowest BCUT2D eigenvalue weighted by atomic mass is 9.87. The zero-order valence-electron chi connectivity index (χ0n) is 17.1. The van der Waals surface area contributed by atoms with Crippen molar-refractivity contribution in [3.05, 3.63) is 35.9 Å². The molecule has 1 aromatic carbocycles. The van der Waals surface area contributed by atoms with E-state index >= 15 is 0 Å². The monoisotopic (exact) mass is 442 g/mol. The molecule has 0 aromatic heterocycles. The van der Waals surface area contributed by atoms with Gasteiger partial charge in [0.1, 0.15) is 6.04 Å². The fraction of sp³-hybridized carbons (Fsp3) is 0.526. The summed E-state index contributed by atoms with van der Waals surface area (Å²) < 4.78 is 28.4. The maximum Gasteiger partial charge on any atom is 0.407 e. The van der Waals surface area contributed by atoms with Crippen molar-refractivity contribution in [1.82, 2.24) is 10.4 Å². The molecule has 1 amide bonds. The van der Waals surface area contributed by atoms with E-state index in [1.807, 2.05) is 0 Å². The first-order valence-electron chi connectivity index (χ1n) is 9.38. The Hall–Kier alpha value is -2.26. The molecule has 0 aliphatic carbocycles. The zero-order chi connectivity index (χ0) is 22.4. The first kappa shape index (κ1) is 24.0. The Morgan fingerprint density at radius 1 is 1.30 bits per heavy atom. The molecule has 166 valence electrons. The van der Waals surface area contributed by atoms with Gasteiger partial charge in [-0.25, -0.2) is 9.65 Å². The molecule has 1 saturated heterocycles. The van der Waals surface area contributed by atoms with Gasteiger partial charge in [0, 0.05) is 12.0 Å². The number of carbonyl (C=O) groups excluding carboxylic acids is 2. The standard InChI is InChI=1S/C19H27N2O8P/c1-19(2)12-28-30(26,29-16(19)17(23)20-10-9-15(22)27-3)21-14(18(24)25)11-13-7-5-4-6-8-13/h4-8,14,16H,9-12H2,1-3H3,(H,20,23)(H,21,26)(H,24,25)/t14-,16-,30?/m0/s1. The number of esters is 1. The first-order chi connectivity index (χ1) is 14.1. The number of carbonyl (C=O) groups is 3. The van der Waals surface area contributed by atoms with Gasteiger partial charge in [-0.2, -0.15) is 0 Å². The minimum absolute atomic E-state index is 0.0196. The molecule has 0 saturated carbocycles. The molecule has 0 spiro atoms. The molecule has 0 bridgehead atoms. The molecule has 10 nitrogen and oxygen atoms in total. The highest BCUT2D eigenvalue weighted by atomic mass is 31.2. The van der Waals surface area contributed by atoms with Crippen molar-refractivity contribution >= 4 is 25.6 Å². The quantitative estimate of drug-likeness (QED) is 0.383. The van der Waals surface area contributed by atoms with Gasteiger partial charge in [0.05, 0.1) is 20.1 Å². The van der Waals surface area contributed by atoms with Crippen molar-refractivity contribution in [3.8, 4) is 0 Å². The van der Waals surface area contributed by atoms with Gasteiger partial charge in [0.2, 0.25) is 5.91 Å². The van der Waals surface area contributed by atoms with Gasteiger partial charge >= 0.3 is 19.7 Å². The van der Waals surface area contributed by atoms with Crippen LogP contribution in [-0.2, 0) is 39.2 Å². The lowest BCUT2D eigenvalue weighted by Gasteiger charge is -2.40. The van der Waals surface area contributed by atoms with Crippen molar-refractivity contribution < 1.29 is 37.8 Å². The highest BCUT2D eigenvalue weighted by Crippen LogP contribution is 2.53. The molecule has 1 unspecified atom stereocenters. The zero-order valence-corrected chi connectivity index (χ0v) is 18.0. The SMILES string of the molecule is COC(=O)CCNC(=O)[C@@H]1OP(=O)(N[C@@H](Cc2ccccc2)C(=O)O)OCC1(C)C. The topological polar surface area (TPSA) is 140 Å². The number of amides is 1. The molecular formula is C19H27N2O8P. The van der Waals surface area contributed by atoms with Crippen molar-refractivity contribution in [2.45, 2.75) is 38.8 Å². The summed E-state index contributed by atoms with van der Waals surface area (Å²) in [6, 6.07) is 7.58. The molecule has 2 rings (SSSR count). The number of hydrogen-bond acceptors (Lipinski definition) is 7. The molecule has 1 fully saturated rings. The Morgan fingerprint density at radius 2 is 1.97 bits per heavy atom. The van der Waals surface area contributed by atoms with Crippen LogP contribution >= 0.6 is 7.75 Å². The minimum Gasteiger partial charge on any atom is -0.480 e. The molecule has 1 aliphatic rings. The van der Waals surface area contributed by atoms with Gasteiger partial charge in [-0.1, -0.05) is 44.2 Å². The summed E-state index contributed by atoms with van der Waals surface area (Å²) in [7, 11) is -2.85. The fourth-order valence-electron chi connectivity index (χ4n) is 2.82. The number of rotatable bonds is 9. The number of aliphatic carboxylic acids is 1. The van der Waals surface area contributed by atoms with Crippen LogP contribution < -0.4 is 10.4 Å². The van der Waals surface area contributed by atoms with E-state index in [9.17, 15) is 24.1 Å². The Labute approximate surface area is 174 Å². The van der Waals surface area contributed by atoms with Crippen LogP contribution in [0.2, 0.25) is 0 Å². The van der Waals surface area contributed by atoms with Crippen LogP contribution in [0, 0.1) is 5.41 Å². The van der Waals surface area contributed by atoms with E-state index in [-0.39, 0.29) is 26.0 Å². The van der Waals surface area contributed by atoms with Gasteiger partial charge in [0.15, 0.2) is 6.10 Å². The smallest absolute Gasteiger partial charge is 0.407 e. The maximum atomic E-state index is 13.1. The maximum absolute atomic E-state index is 13.1. The summed E-state index contributed by atoms with van der Waals surface area (Å²) in [5.74, 6) is -2.30. The number of carboxylic acid groups (broad SMARTS) is 1. The molecule has 0 radical (unpaired) electrons. The second-order valence-electron chi connectivity index (χ2n) is 7.57. The lowest BCUT2D eigenvalue weighted by molar-refractivity contribution is -0.141. The summed E-state index contributed by atoms with van der Waals surface area (Å²) in [6.45, 7) is 3.31. The van der Waals surface area contributed by atoms with Crippen LogP contribution in [0.1, 0.15) is 25.8 Å². The number of carboxylic acids is 1. The van der Waals surface area contributed by atoms with E-state index in [0.29, 0.717) is 0 Å². The molecule has 1 heterocycles. The average Bonchev–Trinajstić information content (AvgIpc) is 2.70. The van der Waals surface area contributed by atoms with E-state index in [2.05, 4.69) is 15.1 Å². The summed E-state index contributed by atoms with van der Waals surface area (Å²) in [5, 5.41) is 14.5. The Morgan fingerprint density at radius 3 is 2.57 bits per heavy atom. The average molecular weight is 442 g/mol. The number of nitrogens with one attached hydrogen (secondary N) is 2. The third-order valence-electron chi connectivity index (χ3n) is 4.55. The largest absolute Gasteiger partial charge is 0.480 e. The van der Waals surface area contributed by atoms with Crippen LogP contribution in [0.3, 0.4) is 0 Å². The van der Waals surface area contributed by atoms with Crippen molar-refractivity contribution in [2.75, 3.05) is 20.3 Å². The van der Waals surface area contributed by atoms with Crippen LogP contribution in [0.4, 0.5) is 0 Å². The lowest BCUT2D eigenvalue weighted by Crippen LogP contribution is -2.52. The summed E-state index contributed by atoms with van der Waals surface area (Å²) in [5.41, 5.74) is -0.109. The highest BCUT2D eigenvalue weighted by Gasteiger charge is 2.49. The van der Waals surface area contributed by atoms with Crippen molar-refractivity contribution in [1.29, 1.82) is 0 Å². The summed E-state index contributed by atoms with van der Waals surface area (Å²) in [6.07, 6.45) is -1.15. The number of ether oxygens (including phenoxy) is 1. The Bertz CT molecular complexity index is 814. The number of methoxy groups -OCH3 is 1. The Kier molecular flexibility index (Phi) is 8.14. The van der Waals surface area contributed by atoms with E-state index in [1.165, 1.54) is 7.11 Å². The van der Waals surface area contributed by atoms with E-state index in [1.54, 1.807) is 44.2 Å². The third-order valence-corrected chi connectivity index (χ3v) is 6.13. The van der Waals surface area contributed by atoms with E-state index in [0.717, 1.165) is 5.56 Å². The molecule has 3 N–H and O–H groups in total. The first-order valence-corrected chi connectivity index (χ1v) is 10.9. The number of hydrogen-bond donors (Lipinski definition) is 3. The second-order valence-corrected chi connectivity index (χ2v) is 9.29. The normalized spacial score (nSPS) is 23.9. The van der Waals surface area contributed by atoms with E-state index < -0.39 is 43.2 Å². The molecule has 11 heteroatoms. The predicted octanol–water partition coefficient (Wildman–Crippen LogP) is 1.50. The Balaban J connectivity index is 2.08. The molecule has 1 aromatic rings. The minimum atomic E-state index is -4.09. The molecule has 1 aliphatic heterocycles. The van der Waals surface area contributed by atoms with E-state index in [4.69, 9.17) is 9.05 Å². The van der Waals surface area contributed by atoms with Gasteiger partial charge in [-0.3, -0.25) is 23.4 Å². The highest BCUT2D eigenvalue weighted by molar-refractivity contribution is 7.51. The van der Waals surface area contributed by atoms with Gasteiger partial charge in [-0.15, -0.1) is 0 Å². The molecule has 30 heavy (non-hydrogen) atoms. The van der Waals surface area contributed by atoms with Crippen LogP contribution in [0.25, 0.3) is 0 Å². The van der Waals surface area contributed by atoms with Crippen molar-refractivity contribution in [3.63, 3.8) is 0 Å². The van der Waals surface area contributed by atoms with Gasteiger partial charge in [0.25, 0.3) is 0 Å². The predicted molar refractivity (Wildman–Crippen MR) is 107 cm³/mol. The van der Waals surface area contributed by atoms with Gasteiger partial charge in [-0.05, 0) is 12.0 Å². The van der Waals surface area contributed by atoms with Crippen molar-refractivity contribution in [2.24, 2.45) is 5.41 Å². The summed E-state index contributed by atoms with van der Waals surface area (Å²) in [4.78, 5) is 35.5. The van der Waals surface area contributed by atoms with Gasteiger partial charge < -0.3 is 15.2 Å². The molecule has 3 atom stereocenters.